The van der Waals surface area contributed by atoms with E-state index in [4.69, 9.17) is 16.3 Å². The van der Waals surface area contributed by atoms with Crippen LogP contribution in [0.3, 0.4) is 0 Å². The van der Waals surface area contributed by atoms with Crippen molar-refractivity contribution in [2.24, 2.45) is 5.92 Å². The third-order valence-corrected chi connectivity index (χ3v) is 8.85. The second-order valence-electron chi connectivity index (χ2n) is 10.4. The summed E-state index contributed by atoms with van der Waals surface area (Å²) in [6.07, 6.45) is 0.327. The van der Waals surface area contributed by atoms with Crippen LogP contribution in [0.1, 0.15) is 45.2 Å². The lowest BCUT2D eigenvalue weighted by atomic mass is 10.1. The SMILES string of the molecule is CCOc1ccc(N(CC(=O)N(Cc2ccccc2Cl)[C@@H](CC)C(=O)NCC(C)C)S(=O)(=O)c2ccc(C)cc2)cc1. The molecule has 3 aromatic rings. The Bertz CT molecular complexity index is 1440. The average molecular weight is 614 g/mol. The molecule has 0 aliphatic heterocycles. The molecular weight excluding hydrogens is 574 g/mol. The highest BCUT2D eigenvalue weighted by atomic mass is 35.5. The summed E-state index contributed by atoms with van der Waals surface area (Å²) in [5.41, 5.74) is 1.85. The van der Waals surface area contributed by atoms with Crippen LogP contribution in [0.4, 0.5) is 5.69 Å². The number of aryl methyl sites for hydroxylation is 1. The normalized spacial score (nSPS) is 12.1. The predicted octanol–water partition coefficient (Wildman–Crippen LogP) is 5.82. The van der Waals surface area contributed by atoms with E-state index in [1.165, 1.54) is 17.0 Å². The Morgan fingerprint density at radius 1 is 0.952 bits per heavy atom. The highest BCUT2D eigenvalue weighted by molar-refractivity contribution is 7.92. The number of benzene rings is 3. The average Bonchev–Trinajstić information content (AvgIpc) is 2.96. The van der Waals surface area contributed by atoms with Crippen molar-refractivity contribution in [3.05, 3.63) is 88.9 Å². The van der Waals surface area contributed by atoms with Gasteiger partial charge in [0.25, 0.3) is 10.0 Å². The number of carbonyl (C=O) groups is 2. The molecular formula is C32H40ClN3O5S. The molecule has 0 radical (unpaired) electrons. The van der Waals surface area contributed by atoms with Gasteiger partial charge in [-0.25, -0.2) is 8.42 Å². The molecule has 3 rings (SSSR count). The molecule has 0 aliphatic rings. The Morgan fingerprint density at radius 2 is 1.60 bits per heavy atom. The summed E-state index contributed by atoms with van der Waals surface area (Å²) >= 11 is 6.45. The molecule has 0 heterocycles. The minimum absolute atomic E-state index is 0.0355. The van der Waals surface area contributed by atoms with Crippen molar-refractivity contribution in [2.75, 3.05) is 24.0 Å². The molecule has 10 heteroatoms. The van der Waals surface area contributed by atoms with Gasteiger partial charge in [-0.3, -0.25) is 13.9 Å². The summed E-state index contributed by atoms with van der Waals surface area (Å²) in [6.45, 7) is 9.93. The van der Waals surface area contributed by atoms with Crippen molar-refractivity contribution in [2.45, 2.75) is 58.5 Å². The monoisotopic (exact) mass is 613 g/mol. The fourth-order valence-corrected chi connectivity index (χ4v) is 6.00. The van der Waals surface area contributed by atoms with E-state index in [0.29, 0.717) is 41.6 Å². The third-order valence-electron chi connectivity index (χ3n) is 6.69. The zero-order valence-corrected chi connectivity index (χ0v) is 26.4. The number of ether oxygens (including phenoxy) is 1. The van der Waals surface area contributed by atoms with E-state index < -0.39 is 28.5 Å². The summed E-state index contributed by atoms with van der Waals surface area (Å²) in [7, 11) is -4.16. The first-order valence-corrected chi connectivity index (χ1v) is 15.9. The molecule has 0 saturated carbocycles. The molecule has 2 amide bonds. The zero-order valence-electron chi connectivity index (χ0n) is 24.8. The highest BCUT2D eigenvalue weighted by Gasteiger charge is 2.34. The van der Waals surface area contributed by atoms with Crippen LogP contribution in [0.2, 0.25) is 5.02 Å². The molecule has 42 heavy (non-hydrogen) atoms. The van der Waals surface area contributed by atoms with Crippen LogP contribution in [-0.2, 0) is 26.2 Å². The first-order chi connectivity index (χ1) is 20.0. The predicted molar refractivity (Wildman–Crippen MR) is 167 cm³/mol. The van der Waals surface area contributed by atoms with Gasteiger partial charge in [-0.05, 0) is 74.2 Å². The smallest absolute Gasteiger partial charge is 0.264 e. The molecule has 226 valence electrons. The maximum absolute atomic E-state index is 14.2. The van der Waals surface area contributed by atoms with Crippen LogP contribution in [-0.4, -0.2) is 50.9 Å². The number of hydrogen-bond donors (Lipinski definition) is 1. The Hall–Kier alpha value is -3.56. The van der Waals surface area contributed by atoms with Gasteiger partial charge in [-0.1, -0.05) is 68.3 Å². The van der Waals surface area contributed by atoms with Crippen LogP contribution in [0.15, 0.2) is 77.7 Å². The lowest BCUT2D eigenvalue weighted by molar-refractivity contribution is -0.140. The van der Waals surface area contributed by atoms with E-state index in [1.54, 1.807) is 60.7 Å². The molecule has 1 atom stereocenters. The number of amides is 2. The number of carbonyl (C=O) groups excluding carboxylic acids is 2. The van der Waals surface area contributed by atoms with E-state index in [9.17, 15) is 18.0 Å². The van der Waals surface area contributed by atoms with Crippen molar-refractivity contribution in [3.8, 4) is 5.75 Å². The zero-order chi connectivity index (χ0) is 30.9. The molecule has 0 unspecified atom stereocenters. The van der Waals surface area contributed by atoms with Gasteiger partial charge >= 0.3 is 0 Å². The number of rotatable bonds is 14. The van der Waals surface area contributed by atoms with Gasteiger partial charge < -0.3 is 15.0 Å². The van der Waals surface area contributed by atoms with E-state index in [2.05, 4.69) is 5.32 Å². The highest BCUT2D eigenvalue weighted by Crippen LogP contribution is 2.27. The number of anilines is 1. The molecule has 0 saturated heterocycles. The standard InChI is InChI=1S/C32H40ClN3O5S/c1-6-30(32(38)34-20-23(3)4)35(21-25-10-8-9-11-29(25)33)31(37)22-36(26-14-16-27(17-15-26)41-7-2)42(39,40)28-18-12-24(5)13-19-28/h8-19,23,30H,6-7,20-22H2,1-5H3,(H,34,38)/t30-/m0/s1. The van der Waals surface area contributed by atoms with Gasteiger partial charge in [0.15, 0.2) is 0 Å². The summed E-state index contributed by atoms with van der Waals surface area (Å²) in [5, 5.41) is 3.37. The Balaban J connectivity index is 2.06. The number of nitrogens with zero attached hydrogens (tertiary/aromatic N) is 2. The maximum Gasteiger partial charge on any atom is 0.264 e. The van der Waals surface area contributed by atoms with E-state index in [1.807, 2.05) is 34.6 Å². The third kappa shape index (κ3) is 8.49. The number of sulfonamides is 1. The van der Waals surface area contributed by atoms with E-state index in [0.717, 1.165) is 9.87 Å². The van der Waals surface area contributed by atoms with Crippen molar-refractivity contribution < 1.29 is 22.7 Å². The van der Waals surface area contributed by atoms with Crippen molar-refractivity contribution in [3.63, 3.8) is 0 Å². The second-order valence-corrected chi connectivity index (χ2v) is 12.7. The van der Waals surface area contributed by atoms with Gasteiger partial charge in [0.1, 0.15) is 18.3 Å². The van der Waals surface area contributed by atoms with Crippen LogP contribution < -0.4 is 14.4 Å². The minimum Gasteiger partial charge on any atom is -0.494 e. The Kier molecular flexibility index (Phi) is 11.8. The van der Waals surface area contributed by atoms with Gasteiger partial charge in [-0.2, -0.15) is 0 Å². The van der Waals surface area contributed by atoms with Crippen LogP contribution in [0.5, 0.6) is 5.75 Å². The lowest BCUT2D eigenvalue weighted by Crippen LogP contribution is -2.52. The van der Waals surface area contributed by atoms with E-state index >= 15 is 0 Å². The van der Waals surface area contributed by atoms with E-state index in [-0.39, 0.29) is 23.3 Å². The lowest BCUT2D eigenvalue weighted by Gasteiger charge is -2.33. The maximum atomic E-state index is 14.2. The van der Waals surface area contributed by atoms with Gasteiger partial charge in [0.2, 0.25) is 11.8 Å². The van der Waals surface area contributed by atoms with Gasteiger partial charge in [0, 0.05) is 18.1 Å². The molecule has 3 aromatic carbocycles. The summed E-state index contributed by atoms with van der Waals surface area (Å²) < 4.78 is 34.6. The first-order valence-electron chi connectivity index (χ1n) is 14.1. The molecule has 0 spiro atoms. The summed E-state index contributed by atoms with van der Waals surface area (Å²) in [4.78, 5) is 29.0. The Labute approximate surface area is 254 Å². The minimum atomic E-state index is -4.16. The number of halogens is 1. The fraction of sp³-hybridized carbons (Fsp3) is 0.375. The van der Waals surface area contributed by atoms with Crippen LogP contribution >= 0.6 is 11.6 Å². The van der Waals surface area contributed by atoms with Crippen molar-refractivity contribution in [1.82, 2.24) is 10.2 Å². The molecule has 8 nitrogen and oxygen atoms in total. The van der Waals surface area contributed by atoms with Crippen LogP contribution in [0.25, 0.3) is 0 Å². The summed E-state index contributed by atoms with van der Waals surface area (Å²) in [6, 6.07) is 19.3. The molecule has 0 fully saturated rings. The number of hydrogen-bond acceptors (Lipinski definition) is 5. The van der Waals surface area contributed by atoms with Crippen molar-refractivity contribution >= 4 is 39.1 Å². The van der Waals surface area contributed by atoms with Gasteiger partial charge in [0.05, 0.1) is 17.2 Å². The molecule has 1 N–H and O–H groups in total. The molecule has 0 aliphatic carbocycles. The largest absolute Gasteiger partial charge is 0.494 e. The van der Waals surface area contributed by atoms with Gasteiger partial charge in [-0.15, -0.1) is 0 Å². The topological polar surface area (TPSA) is 96.0 Å². The number of nitrogens with one attached hydrogen (secondary N) is 1. The van der Waals surface area contributed by atoms with Crippen LogP contribution in [0, 0.1) is 12.8 Å². The quantitative estimate of drug-likeness (QED) is 0.247. The first kappa shape index (κ1) is 32.9. The Morgan fingerprint density at radius 3 is 2.17 bits per heavy atom. The molecule has 0 bridgehead atoms. The fourth-order valence-electron chi connectivity index (χ4n) is 4.39. The van der Waals surface area contributed by atoms with Crippen molar-refractivity contribution in [1.29, 1.82) is 0 Å². The second kappa shape index (κ2) is 15.1. The molecule has 0 aromatic heterocycles. The summed E-state index contributed by atoms with van der Waals surface area (Å²) in [5.74, 6) is -0.0471.